The van der Waals surface area contributed by atoms with Crippen molar-refractivity contribution < 1.29 is 14.3 Å². The number of hydrogen-bond donors (Lipinski definition) is 0. The molecule has 1 aromatic rings. The van der Waals surface area contributed by atoms with Crippen LogP contribution in [0.5, 0.6) is 0 Å². The lowest BCUT2D eigenvalue weighted by molar-refractivity contribution is -0.149. The predicted molar refractivity (Wildman–Crippen MR) is 66.8 cm³/mol. The van der Waals surface area contributed by atoms with Crippen LogP contribution in [-0.4, -0.2) is 19.2 Å². The van der Waals surface area contributed by atoms with Gasteiger partial charge in [-0.3, -0.25) is 0 Å². The van der Waals surface area contributed by atoms with Gasteiger partial charge in [-0.1, -0.05) is 30.7 Å². The Bertz CT molecular complexity index is 372. The molecule has 0 radical (unpaired) electrons. The number of esters is 1. The van der Waals surface area contributed by atoms with Crippen molar-refractivity contribution >= 4 is 5.97 Å². The van der Waals surface area contributed by atoms with Crippen molar-refractivity contribution in [3.63, 3.8) is 0 Å². The Morgan fingerprint density at radius 1 is 1.29 bits per heavy atom. The van der Waals surface area contributed by atoms with Gasteiger partial charge in [0, 0.05) is 0 Å². The van der Waals surface area contributed by atoms with E-state index in [0.717, 1.165) is 12.0 Å². The Balaban J connectivity index is 2.33. The summed E-state index contributed by atoms with van der Waals surface area (Å²) in [5.41, 5.74) is 3.53. The normalized spacial score (nSPS) is 10.3. The third-order valence-corrected chi connectivity index (χ3v) is 2.44. The minimum atomic E-state index is -0.295. The molecule has 0 spiro atoms. The highest BCUT2D eigenvalue weighted by molar-refractivity contribution is 5.70. The number of carbonyl (C=O) groups excluding carboxylic acids is 1. The summed E-state index contributed by atoms with van der Waals surface area (Å²) >= 11 is 0. The first kappa shape index (κ1) is 13.7. The molecule has 0 heterocycles. The summed E-state index contributed by atoms with van der Waals surface area (Å²) in [5.74, 6) is -0.295. The number of carbonyl (C=O) groups is 1. The summed E-state index contributed by atoms with van der Waals surface area (Å²) in [4.78, 5) is 11.2. The van der Waals surface area contributed by atoms with E-state index in [0.29, 0.717) is 13.2 Å². The van der Waals surface area contributed by atoms with Gasteiger partial charge in [0.25, 0.3) is 0 Å². The molecule has 1 aromatic carbocycles. The van der Waals surface area contributed by atoms with E-state index in [1.165, 1.54) is 11.1 Å². The van der Waals surface area contributed by atoms with E-state index in [1.807, 2.05) is 26.0 Å². The van der Waals surface area contributed by atoms with Crippen molar-refractivity contribution in [1.29, 1.82) is 0 Å². The topological polar surface area (TPSA) is 35.5 Å². The molecule has 0 saturated heterocycles. The van der Waals surface area contributed by atoms with Gasteiger partial charge in [0.15, 0.2) is 0 Å². The van der Waals surface area contributed by atoms with Crippen LogP contribution >= 0.6 is 0 Å². The molecule has 0 bridgehead atoms. The van der Waals surface area contributed by atoms with Gasteiger partial charge in [-0.05, 0) is 31.4 Å². The molecule has 0 amide bonds. The zero-order chi connectivity index (χ0) is 12.7. The fourth-order valence-electron chi connectivity index (χ4n) is 1.51. The first-order chi connectivity index (χ1) is 8.13. The summed E-state index contributed by atoms with van der Waals surface area (Å²) in [6, 6.07) is 6.18. The molecule has 0 aliphatic rings. The van der Waals surface area contributed by atoms with E-state index in [-0.39, 0.29) is 12.6 Å². The average molecular weight is 236 g/mol. The number of rotatable bonds is 6. The molecule has 0 N–H and O–H groups in total. The van der Waals surface area contributed by atoms with Gasteiger partial charge in [-0.2, -0.15) is 0 Å². The van der Waals surface area contributed by atoms with Crippen molar-refractivity contribution in [3.8, 4) is 0 Å². The first-order valence-electron chi connectivity index (χ1n) is 5.93. The second-order valence-corrected chi connectivity index (χ2v) is 4.14. The molecule has 0 aromatic heterocycles. The number of aryl methyl sites for hydroxylation is 2. The smallest absolute Gasteiger partial charge is 0.332 e. The van der Waals surface area contributed by atoms with Gasteiger partial charge in [0.1, 0.15) is 6.61 Å². The molecular weight excluding hydrogens is 216 g/mol. The summed E-state index contributed by atoms with van der Waals surface area (Å²) in [5, 5.41) is 0. The number of ether oxygens (including phenoxy) is 2. The van der Waals surface area contributed by atoms with Crippen LogP contribution < -0.4 is 0 Å². The molecule has 0 aliphatic heterocycles. The van der Waals surface area contributed by atoms with Crippen molar-refractivity contribution in [2.75, 3.05) is 13.2 Å². The van der Waals surface area contributed by atoms with Gasteiger partial charge in [0.05, 0.1) is 13.2 Å². The third kappa shape index (κ3) is 5.00. The number of benzene rings is 1. The quantitative estimate of drug-likeness (QED) is 0.712. The van der Waals surface area contributed by atoms with Gasteiger partial charge in [-0.15, -0.1) is 0 Å². The summed E-state index contributed by atoms with van der Waals surface area (Å²) in [6.45, 7) is 7.00. The van der Waals surface area contributed by atoms with Crippen LogP contribution in [0, 0.1) is 13.8 Å². The van der Waals surface area contributed by atoms with Crippen molar-refractivity contribution in [2.24, 2.45) is 0 Å². The minimum absolute atomic E-state index is 0.0211. The van der Waals surface area contributed by atoms with Gasteiger partial charge in [-0.25, -0.2) is 4.79 Å². The Kier molecular flexibility index (Phi) is 5.70. The summed E-state index contributed by atoms with van der Waals surface area (Å²) < 4.78 is 10.2. The maximum atomic E-state index is 11.2. The molecule has 3 nitrogen and oxygen atoms in total. The van der Waals surface area contributed by atoms with Crippen LogP contribution in [0.3, 0.4) is 0 Å². The maximum Gasteiger partial charge on any atom is 0.332 e. The molecule has 0 fully saturated rings. The van der Waals surface area contributed by atoms with E-state index in [4.69, 9.17) is 9.47 Å². The molecule has 94 valence electrons. The van der Waals surface area contributed by atoms with Crippen molar-refractivity contribution in [3.05, 3.63) is 34.9 Å². The van der Waals surface area contributed by atoms with Gasteiger partial charge in [0.2, 0.25) is 0 Å². The van der Waals surface area contributed by atoms with E-state index < -0.39 is 0 Å². The first-order valence-corrected chi connectivity index (χ1v) is 5.93. The maximum absolute atomic E-state index is 11.2. The number of hydrogen-bond acceptors (Lipinski definition) is 3. The Morgan fingerprint density at radius 3 is 2.71 bits per heavy atom. The zero-order valence-corrected chi connectivity index (χ0v) is 10.8. The molecule has 0 atom stereocenters. The third-order valence-electron chi connectivity index (χ3n) is 2.44. The highest BCUT2D eigenvalue weighted by atomic mass is 16.6. The second-order valence-electron chi connectivity index (χ2n) is 4.14. The lowest BCUT2D eigenvalue weighted by Crippen LogP contribution is -2.13. The van der Waals surface area contributed by atoms with Gasteiger partial charge < -0.3 is 9.47 Å². The molecule has 0 aliphatic carbocycles. The molecule has 1 rings (SSSR count). The Morgan fingerprint density at radius 2 is 2.06 bits per heavy atom. The average Bonchev–Trinajstić information content (AvgIpc) is 2.29. The van der Waals surface area contributed by atoms with Crippen LogP contribution in [0.1, 0.15) is 30.0 Å². The summed E-state index contributed by atoms with van der Waals surface area (Å²) in [6.07, 6.45) is 0.836. The fraction of sp³-hybridized carbons (Fsp3) is 0.500. The largest absolute Gasteiger partial charge is 0.464 e. The van der Waals surface area contributed by atoms with E-state index >= 15 is 0 Å². The molecular formula is C14H20O3. The van der Waals surface area contributed by atoms with E-state index in [1.54, 1.807) is 0 Å². The lowest BCUT2D eigenvalue weighted by atomic mass is 10.1. The van der Waals surface area contributed by atoms with Crippen LogP contribution in [0.15, 0.2) is 18.2 Å². The van der Waals surface area contributed by atoms with E-state index in [2.05, 4.69) is 13.0 Å². The van der Waals surface area contributed by atoms with Crippen molar-refractivity contribution in [2.45, 2.75) is 33.8 Å². The Hall–Kier alpha value is -1.35. The fourth-order valence-corrected chi connectivity index (χ4v) is 1.51. The molecule has 0 unspecified atom stereocenters. The minimum Gasteiger partial charge on any atom is -0.464 e. The SMILES string of the molecule is CCCOC(=O)COCc1ccc(C)cc1C. The second kappa shape index (κ2) is 7.07. The highest BCUT2D eigenvalue weighted by Gasteiger charge is 2.04. The standard InChI is InChI=1S/C14H20O3/c1-4-7-17-14(15)10-16-9-13-6-5-11(2)8-12(13)3/h5-6,8H,4,7,9-10H2,1-3H3. The van der Waals surface area contributed by atoms with Gasteiger partial charge >= 0.3 is 5.97 Å². The lowest BCUT2D eigenvalue weighted by Gasteiger charge is -2.08. The summed E-state index contributed by atoms with van der Waals surface area (Å²) in [7, 11) is 0. The molecule has 17 heavy (non-hydrogen) atoms. The molecule has 3 heteroatoms. The monoisotopic (exact) mass is 236 g/mol. The zero-order valence-electron chi connectivity index (χ0n) is 10.8. The van der Waals surface area contributed by atoms with Crippen molar-refractivity contribution in [1.82, 2.24) is 0 Å². The van der Waals surface area contributed by atoms with Crippen LogP contribution in [0.4, 0.5) is 0 Å². The molecule has 0 saturated carbocycles. The van der Waals surface area contributed by atoms with Crippen LogP contribution in [0.2, 0.25) is 0 Å². The highest BCUT2D eigenvalue weighted by Crippen LogP contribution is 2.11. The van der Waals surface area contributed by atoms with Crippen LogP contribution in [-0.2, 0) is 20.9 Å². The Labute approximate surface area is 103 Å². The predicted octanol–water partition coefficient (Wildman–Crippen LogP) is 2.77. The van der Waals surface area contributed by atoms with Crippen LogP contribution in [0.25, 0.3) is 0 Å². The van der Waals surface area contributed by atoms with E-state index in [9.17, 15) is 4.79 Å².